The Morgan fingerprint density at radius 1 is 0.511 bits per heavy atom. The first-order chi connectivity index (χ1) is 21.9. The zero-order chi connectivity index (χ0) is 33.0. The van der Waals surface area contributed by atoms with Gasteiger partial charge in [0.25, 0.3) is 0 Å². The van der Waals surface area contributed by atoms with E-state index in [9.17, 15) is 14.4 Å². The van der Waals surface area contributed by atoms with E-state index in [-0.39, 0.29) is 17.8 Å². The van der Waals surface area contributed by atoms with Crippen molar-refractivity contribution < 1.29 is 19.1 Å². The van der Waals surface area contributed by atoms with Crippen molar-refractivity contribution >= 4 is 17.8 Å². The number of rotatable bonds is 29. The molecule has 45 heavy (non-hydrogen) atoms. The molecule has 1 fully saturated rings. The highest BCUT2D eigenvalue weighted by atomic mass is 16.5. The van der Waals surface area contributed by atoms with E-state index in [1.807, 2.05) is 16.7 Å². The van der Waals surface area contributed by atoms with Crippen LogP contribution in [0.5, 0.6) is 0 Å². The lowest BCUT2D eigenvalue weighted by atomic mass is 10.1. The third kappa shape index (κ3) is 21.7. The van der Waals surface area contributed by atoms with Crippen molar-refractivity contribution in [3.05, 3.63) is 0 Å². The first-order valence-corrected chi connectivity index (χ1v) is 19.1. The number of hydrogen-bond donors (Lipinski definition) is 0. The predicted octanol–water partition coefficient (Wildman–Crippen LogP) is 7.30. The fraction of sp³-hybridized carbons (Fsp3) is 0.919. The van der Waals surface area contributed by atoms with Crippen LogP contribution < -0.4 is 0 Å². The SMILES string of the molecule is CCCCCCCCCN(CCCC(=O)OCCCC)CCN(CCCCCCCCC)CC(=O)N1CCN(C(=O)CC)CC1. The molecule has 0 aromatic heterocycles. The second-order valence-electron chi connectivity index (χ2n) is 13.2. The Labute approximate surface area is 278 Å². The van der Waals surface area contributed by atoms with E-state index in [0.717, 1.165) is 58.4 Å². The van der Waals surface area contributed by atoms with Gasteiger partial charge in [-0.05, 0) is 45.3 Å². The van der Waals surface area contributed by atoms with Gasteiger partial charge in [0.05, 0.1) is 13.2 Å². The Kier molecular flexibility index (Phi) is 26.2. The Morgan fingerprint density at radius 2 is 0.956 bits per heavy atom. The Balaban J connectivity index is 2.69. The van der Waals surface area contributed by atoms with Gasteiger partial charge < -0.3 is 19.4 Å². The van der Waals surface area contributed by atoms with Crippen molar-refractivity contribution in [2.75, 3.05) is 72.1 Å². The number of nitrogens with zero attached hydrogens (tertiary/aromatic N) is 4. The summed E-state index contributed by atoms with van der Waals surface area (Å²) >= 11 is 0. The normalized spacial score (nSPS) is 13.6. The number of carbonyl (C=O) groups excluding carboxylic acids is 3. The van der Waals surface area contributed by atoms with Crippen molar-refractivity contribution in [3.63, 3.8) is 0 Å². The molecule has 8 nitrogen and oxygen atoms in total. The van der Waals surface area contributed by atoms with Crippen molar-refractivity contribution in [3.8, 4) is 0 Å². The second-order valence-corrected chi connectivity index (χ2v) is 13.2. The third-order valence-electron chi connectivity index (χ3n) is 9.15. The van der Waals surface area contributed by atoms with Gasteiger partial charge in [0.15, 0.2) is 0 Å². The van der Waals surface area contributed by atoms with Crippen LogP contribution in [0, 0.1) is 0 Å². The van der Waals surface area contributed by atoms with Gasteiger partial charge in [-0.15, -0.1) is 0 Å². The lowest BCUT2D eigenvalue weighted by Gasteiger charge is -2.36. The van der Waals surface area contributed by atoms with Crippen LogP contribution in [-0.4, -0.2) is 109 Å². The molecular formula is C37H72N4O4. The molecule has 1 aliphatic heterocycles. The maximum Gasteiger partial charge on any atom is 0.305 e. The molecular weight excluding hydrogens is 564 g/mol. The van der Waals surface area contributed by atoms with Gasteiger partial charge in [-0.25, -0.2) is 0 Å². The largest absolute Gasteiger partial charge is 0.466 e. The summed E-state index contributed by atoms with van der Waals surface area (Å²) in [6, 6.07) is 0. The van der Waals surface area contributed by atoms with Crippen LogP contribution in [0.1, 0.15) is 150 Å². The molecule has 0 bridgehead atoms. The summed E-state index contributed by atoms with van der Waals surface area (Å²) in [5, 5.41) is 0. The number of piperazine rings is 1. The van der Waals surface area contributed by atoms with Crippen molar-refractivity contribution in [1.29, 1.82) is 0 Å². The molecule has 0 aliphatic carbocycles. The lowest BCUT2D eigenvalue weighted by Crippen LogP contribution is -2.53. The van der Waals surface area contributed by atoms with Crippen LogP contribution in [0.3, 0.4) is 0 Å². The molecule has 1 aliphatic rings. The van der Waals surface area contributed by atoms with E-state index in [1.54, 1.807) is 0 Å². The zero-order valence-corrected chi connectivity index (χ0v) is 30.1. The Morgan fingerprint density at radius 3 is 1.49 bits per heavy atom. The van der Waals surface area contributed by atoms with Gasteiger partial charge >= 0.3 is 5.97 Å². The van der Waals surface area contributed by atoms with Crippen LogP contribution in [0.15, 0.2) is 0 Å². The van der Waals surface area contributed by atoms with Gasteiger partial charge in [0, 0.05) is 52.1 Å². The molecule has 0 aromatic rings. The highest BCUT2D eigenvalue weighted by Crippen LogP contribution is 2.11. The monoisotopic (exact) mass is 637 g/mol. The average molecular weight is 637 g/mol. The van der Waals surface area contributed by atoms with E-state index >= 15 is 0 Å². The number of hydrogen-bond acceptors (Lipinski definition) is 6. The van der Waals surface area contributed by atoms with Crippen LogP contribution in [0.25, 0.3) is 0 Å². The maximum atomic E-state index is 13.4. The molecule has 0 saturated carbocycles. The van der Waals surface area contributed by atoms with E-state index < -0.39 is 0 Å². The van der Waals surface area contributed by atoms with Gasteiger partial charge in [0.1, 0.15) is 0 Å². The van der Waals surface area contributed by atoms with E-state index in [2.05, 4.69) is 30.6 Å². The molecule has 0 spiro atoms. The predicted molar refractivity (Wildman–Crippen MR) is 187 cm³/mol. The highest BCUT2D eigenvalue weighted by Gasteiger charge is 2.24. The van der Waals surface area contributed by atoms with Crippen LogP contribution in [0.2, 0.25) is 0 Å². The summed E-state index contributed by atoms with van der Waals surface area (Å²) in [6.45, 7) is 16.7. The molecule has 0 unspecified atom stereocenters. The number of carbonyl (C=O) groups is 3. The summed E-state index contributed by atoms with van der Waals surface area (Å²) in [6.07, 6.45) is 21.6. The van der Waals surface area contributed by atoms with Crippen molar-refractivity contribution in [1.82, 2.24) is 19.6 Å². The van der Waals surface area contributed by atoms with Gasteiger partial charge in [-0.1, -0.05) is 111 Å². The fourth-order valence-corrected chi connectivity index (χ4v) is 6.04. The quantitative estimate of drug-likeness (QED) is 0.0634. The number of amides is 2. The zero-order valence-electron chi connectivity index (χ0n) is 30.1. The molecule has 0 N–H and O–H groups in total. The summed E-state index contributed by atoms with van der Waals surface area (Å²) < 4.78 is 5.39. The van der Waals surface area contributed by atoms with Crippen LogP contribution in [-0.2, 0) is 19.1 Å². The lowest BCUT2D eigenvalue weighted by molar-refractivity contribution is -0.144. The van der Waals surface area contributed by atoms with E-state index in [4.69, 9.17) is 4.74 Å². The standard InChI is InChI=1S/C37H72N4O4/c1-5-9-12-14-16-18-20-24-38(26-22-23-37(44)45-33-11-7-3)27-28-39(25-21-19-17-15-13-10-6-2)34-36(43)41-31-29-40(30-32-41)35(42)8-4/h5-34H2,1-4H3. The Hall–Kier alpha value is -1.67. The fourth-order valence-electron chi connectivity index (χ4n) is 6.04. The molecule has 2 amide bonds. The first kappa shape index (κ1) is 41.4. The minimum Gasteiger partial charge on any atom is -0.466 e. The number of esters is 1. The highest BCUT2D eigenvalue weighted by molar-refractivity contribution is 5.79. The number of ether oxygens (including phenoxy) is 1. The van der Waals surface area contributed by atoms with E-state index in [0.29, 0.717) is 52.2 Å². The molecule has 1 heterocycles. The first-order valence-electron chi connectivity index (χ1n) is 19.1. The molecule has 1 saturated heterocycles. The second kappa shape index (κ2) is 28.5. The third-order valence-corrected chi connectivity index (χ3v) is 9.15. The van der Waals surface area contributed by atoms with Crippen molar-refractivity contribution in [2.45, 2.75) is 150 Å². The molecule has 0 aromatic carbocycles. The molecule has 8 heteroatoms. The minimum absolute atomic E-state index is 0.0776. The van der Waals surface area contributed by atoms with Gasteiger partial charge in [-0.2, -0.15) is 0 Å². The maximum absolute atomic E-state index is 13.4. The average Bonchev–Trinajstić information content (AvgIpc) is 3.05. The van der Waals surface area contributed by atoms with Crippen LogP contribution in [0.4, 0.5) is 0 Å². The summed E-state index contributed by atoms with van der Waals surface area (Å²) in [5.74, 6) is 0.291. The van der Waals surface area contributed by atoms with E-state index in [1.165, 1.54) is 83.5 Å². The smallest absolute Gasteiger partial charge is 0.305 e. The molecule has 1 rings (SSSR count). The van der Waals surface area contributed by atoms with Crippen molar-refractivity contribution in [2.24, 2.45) is 0 Å². The topological polar surface area (TPSA) is 73.4 Å². The Bertz CT molecular complexity index is 742. The van der Waals surface area contributed by atoms with Gasteiger partial charge in [0.2, 0.25) is 11.8 Å². The number of unbranched alkanes of at least 4 members (excludes halogenated alkanes) is 13. The van der Waals surface area contributed by atoms with Gasteiger partial charge in [-0.3, -0.25) is 19.3 Å². The summed E-state index contributed by atoms with van der Waals surface area (Å²) in [4.78, 5) is 46.5. The molecule has 0 radical (unpaired) electrons. The molecule has 0 atom stereocenters. The molecule has 264 valence electrons. The van der Waals surface area contributed by atoms with Crippen LogP contribution >= 0.6 is 0 Å². The summed E-state index contributed by atoms with van der Waals surface area (Å²) in [7, 11) is 0. The summed E-state index contributed by atoms with van der Waals surface area (Å²) in [5.41, 5.74) is 0. The minimum atomic E-state index is -0.0776.